The highest BCUT2D eigenvalue weighted by atomic mass is 35.5. The second-order valence-corrected chi connectivity index (χ2v) is 8.94. The molecule has 2 aromatic carbocycles. The van der Waals surface area contributed by atoms with Crippen molar-refractivity contribution in [2.75, 3.05) is 43.5 Å². The summed E-state index contributed by atoms with van der Waals surface area (Å²) in [6.45, 7) is 1.89. The van der Waals surface area contributed by atoms with Gasteiger partial charge in [-0.15, -0.1) is 11.6 Å². The Bertz CT molecular complexity index is 1050. The quantitative estimate of drug-likeness (QED) is 0.403. The number of benzene rings is 2. The summed E-state index contributed by atoms with van der Waals surface area (Å²) in [7, 11) is 0. The van der Waals surface area contributed by atoms with Crippen molar-refractivity contribution >= 4 is 58.7 Å². The van der Waals surface area contributed by atoms with Crippen LogP contribution >= 0.6 is 34.8 Å². The summed E-state index contributed by atoms with van der Waals surface area (Å²) in [6.07, 6.45) is 0.793. The Morgan fingerprint density at radius 2 is 1.82 bits per heavy atom. The summed E-state index contributed by atoms with van der Waals surface area (Å²) in [5.74, 6) is -0.508. The van der Waals surface area contributed by atoms with E-state index < -0.39 is 17.9 Å². The predicted octanol–water partition coefficient (Wildman–Crippen LogP) is 3.74. The molecule has 182 valence electrons. The number of halogens is 4. The maximum Gasteiger partial charge on any atom is 0.315 e. The number of carbonyl (C=O) groups excluding carboxylic acids is 3. The van der Waals surface area contributed by atoms with Crippen LogP contribution in [0, 0.1) is 5.82 Å². The number of hydrogen-bond acceptors (Lipinski definition) is 4. The van der Waals surface area contributed by atoms with Crippen LogP contribution in [-0.4, -0.2) is 67.8 Å². The molecule has 1 heterocycles. The first kappa shape index (κ1) is 26.1. The summed E-state index contributed by atoms with van der Waals surface area (Å²) >= 11 is 17.9. The van der Waals surface area contributed by atoms with Gasteiger partial charge in [0.25, 0.3) is 0 Å². The normalized spacial score (nSPS) is 14.5. The van der Waals surface area contributed by atoms with E-state index in [0.717, 1.165) is 0 Å². The summed E-state index contributed by atoms with van der Waals surface area (Å²) in [5, 5.41) is 6.18. The fourth-order valence-electron chi connectivity index (χ4n) is 3.77. The average molecular weight is 530 g/mol. The number of piperazine rings is 1. The Morgan fingerprint density at radius 1 is 1.09 bits per heavy atom. The van der Waals surface area contributed by atoms with E-state index in [9.17, 15) is 18.8 Å². The van der Waals surface area contributed by atoms with Gasteiger partial charge in [-0.05, 0) is 35.9 Å². The molecular weight excluding hydrogens is 506 g/mol. The van der Waals surface area contributed by atoms with Gasteiger partial charge >= 0.3 is 6.03 Å². The molecule has 1 fully saturated rings. The van der Waals surface area contributed by atoms with Gasteiger partial charge in [-0.1, -0.05) is 29.3 Å². The third kappa shape index (κ3) is 6.74. The lowest BCUT2D eigenvalue weighted by Gasteiger charge is -2.38. The van der Waals surface area contributed by atoms with Crippen molar-refractivity contribution in [2.45, 2.75) is 12.5 Å². The zero-order chi connectivity index (χ0) is 24.7. The molecule has 0 bridgehead atoms. The highest BCUT2D eigenvalue weighted by molar-refractivity contribution is 6.35. The molecule has 1 aliphatic rings. The van der Waals surface area contributed by atoms with Crippen LogP contribution in [-0.2, 0) is 11.2 Å². The third-order valence-corrected chi connectivity index (χ3v) is 6.25. The fourth-order valence-corrected chi connectivity index (χ4v) is 4.35. The first-order chi connectivity index (χ1) is 16.3. The largest absolute Gasteiger partial charge is 0.367 e. The van der Waals surface area contributed by atoms with Crippen molar-refractivity contribution in [3.8, 4) is 0 Å². The molecule has 1 atom stereocenters. The molecule has 1 saturated heterocycles. The van der Waals surface area contributed by atoms with E-state index in [1.165, 1.54) is 12.1 Å². The number of urea groups is 1. The van der Waals surface area contributed by atoms with Gasteiger partial charge < -0.3 is 20.4 Å². The molecule has 0 aromatic heterocycles. The van der Waals surface area contributed by atoms with Crippen LogP contribution in [0.15, 0.2) is 36.4 Å². The zero-order valence-corrected chi connectivity index (χ0v) is 20.5. The minimum absolute atomic E-state index is 0.177. The van der Waals surface area contributed by atoms with E-state index in [1.807, 2.05) is 4.90 Å². The number of carbonyl (C=O) groups is 3. The lowest BCUT2D eigenvalue weighted by Crippen LogP contribution is -2.57. The van der Waals surface area contributed by atoms with E-state index >= 15 is 0 Å². The highest BCUT2D eigenvalue weighted by Gasteiger charge is 2.30. The van der Waals surface area contributed by atoms with Crippen molar-refractivity contribution in [1.29, 1.82) is 0 Å². The predicted molar refractivity (Wildman–Crippen MR) is 132 cm³/mol. The van der Waals surface area contributed by atoms with Crippen LogP contribution < -0.4 is 15.5 Å². The first-order valence-corrected chi connectivity index (χ1v) is 11.9. The van der Waals surface area contributed by atoms with Crippen molar-refractivity contribution < 1.29 is 18.8 Å². The summed E-state index contributed by atoms with van der Waals surface area (Å²) in [5.41, 5.74) is 1.54. The van der Waals surface area contributed by atoms with Crippen LogP contribution in [0.3, 0.4) is 0 Å². The van der Waals surface area contributed by atoms with E-state index in [2.05, 4.69) is 10.6 Å². The van der Waals surface area contributed by atoms with Gasteiger partial charge in [0, 0.05) is 66.3 Å². The van der Waals surface area contributed by atoms with E-state index in [1.54, 1.807) is 29.2 Å². The van der Waals surface area contributed by atoms with Gasteiger partial charge in [-0.25, -0.2) is 9.18 Å². The molecule has 3 amide bonds. The fraction of sp³-hybridized carbons (Fsp3) is 0.348. The molecule has 0 radical (unpaired) electrons. The van der Waals surface area contributed by atoms with E-state index in [0.29, 0.717) is 53.8 Å². The van der Waals surface area contributed by atoms with Gasteiger partial charge in [0.1, 0.15) is 11.9 Å². The smallest absolute Gasteiger partial charge is 0.315 e. The zero-order valence-electron chi connectivity index (χ0n) is 18.2. The average Bonchev–Trinajstić information content (AvgIpc) is 2.83. The maximum absolute atomic E-state index is 13.5. The summed E-state index contributed by atoms with van der Waals surface area (Å²) in [6, 6.07) is 7.65. The maximum atomic E-state index is 13.5. The van der Waals surface area contributed by atoms with E-state index in [4.69, 9.17) is 34.8 Å². The first-order valence-electron chi connectivity index (χ1n) is 10.6. The number of amides is 3. The molecule has 0 spiro atoms. The van der Waals surface area contributed by atoms with Crippen molar-refractivity contribution in [1.82, 2.24) is 15.5 Å². The molecular formula is C23H24Cl3FN4O3. The second-order valence-electron chi connectivity index (χ2n) is 7.71. The number of alkyl halides is 1. The highest BCUT2D eigenvalue weighted by Crippen LogP contribution is 2.24. The Hall–Kier alpha value is -2.55. The molecule has 0 unspecified atom stereocenters. The third-order valence-electron chi connectivity index (χ3n) is 5.47. The van der Waals surface area contributed by atoms with Crippen LogP contribution in [0.5, 0.6) is 0 Å². The van der Waals surface area contributed by atoms with Gasteiger partial charge in [0.15, 0.2) is 6.29 Å². The molecule has 1 aliphatic heterocycles. The lowest BCUT2D eigenvalue weighted by atomic mass is 10.0. The van der Waals surface area contributed by atoms with Gasteiger partial charge in [0.05, 0.1) is 0 Å². The molecule has 0 aliphatic carbocycles. The van der Waals surface area contributed by atoms with Gasteiger partial charge in [0.2, 0.25) is 5.91 Å². The van der Waals surface area contributed by atoms with Crippen LogP contribution in [0.4, 0.5) is 14.9 Å². The minimum atomic E-state index is -0.864. The van der Waals surface area contributed by atoms with Crippen LogP contribution in [0.25, 0.3) is 0 Å². The molecule has 34 heavy (non-hydrogen) atoms. The lowest BCUT2D eigenvalue weighted by molar-refractivity contribution is -0.133. The second kappa shape index (κ2) is 12.2. The summed E-state index contributed by atoms with van der Waals surface area (Å²) < 4.78 is 13.5. The van der Waals surface area contributed by atoms with Crippen LogP contribution in [0.1, 0.15) is 15.9 Å². The SMILES string of the molecule is O=Cc1cc(F)ccc1N1CCN(C(=O)[C@@H](Cc2ccc(Cl)cc2Cl)NC(=O)NCCCl)CC1. The number of nitrogens with zero attached hydrogens (tertiary/aromatic N) is 2. The molecule has 2 N–H and O–H groups in total. The standard InChI is InChI=1S/C23H24Cl3FN4O3/c24-5-6-28-23(34)29-20(12-15-1-2-17(25)13-19(15)26)22(33)31-9-7-30(8-10-31)21-4-3-18(27)11-16(21)14-32/h1-4,11,13-14,20H,5-10,12H2,(H2,28,29,34)/t20-/m1/s1. The monoisotopic (exact) mass is 528 g/mol. The Morgan fingerprint density at radius 3 is 2.47 bits per heavy atom. The van der Waals surface area contributed by atoms with Gasteiger partial charge in [-0.3, -0.25) is 9.59 Å². The Kier molecular flexibility index (Phi) is 9.38. The molecule has 0 saturated carbocycles. The molecule has 11 heteroatoms. The van der Waals surface area contributed by atoms with Crippen molar-refractivity contribution in [3.63, 3.8) is 0 Å². The number of hydrogen-bond donors (Lipinski definition) is 2. The van der Waals surface area contributed by atoms with Crippen LogP contribution in [0.2, 0.25) is 10.0 Å². The molecule has 7 nitrogen and oxygen atoms in total. The molecule has 3 rings (SSSR count). The number of aldehydes is 1. The van der Waals surface area contributed by atoms with Gasteiger partial charge in [-0.2, -0.15) is 0 Å². The number of rotatable bonds is 8. The summed E-state index contributed by atoms with van der Waals surface area (Å²) in [4.78, 5) is 40.6. The Labute approximate surface area is 212 Å². The van der Waals surface area contributed by atoms with Crippen molar-refractivity contribution in [3.05, 3.63) is 63.4 Å². The van der Waals surface area contributed by atoms with Crippen molar-refractivity contribution in [2.24, 2.45) is 0 Å². The minimum Gasteiger partial charge on any atom is -0.367 e. The topological polar surface area (TPSA) is 81.8 Å². The number of nitrogens with one attached hydrogen (secondary N) is 2. The number of anilines is 1. The van der Waals surface area contributed by atoms with E-state index in [-0.39, 0.29) is 30.3 Å². The molecule has 2 aromatic rings. The Balaban J connectivity index is 1.72.